The van der Waals surface area contributed by atoms with E-state index in [0.717, 1.165) is 6.07 Å². The molecule has 1 unspecified atom stereocenters. The minimum Gasteiger partial charge on any atom is -0.350 e. The molecule has 1 aromatic carbocycles. The third-order valence-corrected chi connectivity index (χ3v) is 3.92. The second-order valence-electron chi connectivity index (χ2n) is 5.65. The first kappa shape index (κ1) is 17.1. The molecule has 0 aliphatic carbocycles. The lowest BCUT2D eigenvalue weighted by atomic mass is 10.0. The quantitative estimate of drug-likeness (QED) is 0.922. The van der Waals surface area contributed by atoms with Crippen LogP contribution in [0.5, 0.6) is 0 Å². The topological polar surface area (TPSA) is 52.7 Å². The second kappa shape index (κ2) is 6.10. The van der Waals surface area contributed by atoms with Gasteiger partial charge in [-0.15, -0.1) is 0 Å². The fourth-order valence-corrected chi connectivity index (χ4v) is 2.51. The Morgan fingerprint density at radius 3 is 2.52 bits per heavy atom. The van der Waals surface area contributed by atoms with E-state index in [4.69, 9.17) is 0 Å². The molecule has 0 aromatic heterocycles. The Balaban J connectivity index is 2.04. The summed E-state index contributed by atoms with van der Waals surface area (Å²) in [4.78, 5) is 26.5. The summed E-state index contributed by atoms with van der Waals surface area (Å²) in [7, 11) is 3.10. The Hall–Kier alpha value is -2.25. The van der Waals surface area contributed by atoms with E-state index in [0.29, 0.717) is 5.56 Å². The number of hydrogen-bond acceptors (Lipinski definition) is 2. The number of carbonyl (C=O) groups is 2. The van der Waals surface area contributed by atoms with Crippen LogP contribution in [0.15, 0.2) is 18.2 Å². The molecule has 1 aliphatic heterocycles. The maximum Gasteiger partial charge on any atom is 0.416 e. The number of carbonyl (C=O) groups excluding carboxylic acids is 2. The van der Waals surface area contributed by atoms with Crippen molar-refractivity contribution in [1.29, 1.82) is 0 Å². The number of aryl methyl sites for hydroxylation is 1. The molecule has 1 saturated heterocycles. The van der Waals surface area contributed by atoms with Gasteiger partial charge in [-0.2, -0.15) is 13.2 Å². The predicted molar refractivity (Wildman–Crippen MR) is 77.6 cm³/mol. The maximum absolute atomic E-state index is 12.9. The van der Waals surface area contributed by atoms with Gasteiger partial charge in [0.05, 0.1) is 12.1 Å². The van der Waals surface area contributed by atoms with Crippen LogP contribution >= 0.6 is 0 Å². The number of halogens is 3. The van der Waals surface area contributed by atoms with Gasteiger partial charge in [0.1, 0.15) is 6.04 Å². The van der Waals surface area contributed by atoms with Crippen LogP contribution in [0.3, 0.4) is 0 Å². The number of urea groups is 1. The van der Waals surface area contributed by atoms with Crippen molar-refractivity contribution < 1.29 is 22.8 Å². The van der Waals surface area contributed by atoms with Crippen molar-refractivity contribution >= 4 is 11.9 Å². The van der Waals surface area contributed by atoms with Gasteiger partial charge in [0.2, 0.25) is 5.91 Å². The summed E-state index contributed by atoms with van der Waals surface area (Å²) in [5, 5.41) is 2.58. The van der Waals surface area contributed by atoms with E-state index in [1.54, 1.807) is 13.1 Å². The first-order valence-corrected chi connectivity index (χ1v) is 7.03. The number of rotatable bonds is 3. The fourth-order valence-electron chi connectivity index (χ4n) is 2.51. The van der Waals surface area contributed by atoms with Crippen LogP contribution in [0.4, 0.5) is 18.0 Å². The Morgan fingerprint density at radius 1 is 1.35 bits per heavy atom. The first-order valence-electron chi connectivity index (χ1n) is 7.03. The Bertz CT molecular complexity index is 631. The Labute approximate surface area is 132 Å². The highest BCUT2D eigenvalue weighted by Crippen LogP contribution is 2.32. The number of nitrogens with one attached hydrogen (secondary N) is 1. The molecule has 0 spiro atoms. The predicted octanol–water partition coefficient (Wildman–Crippen LogP) is 2.00. The Morgan fingerprint density at radius 2 is 2.00 bits per heavy atom. The van der Waals surface area contributed by atoms with Crippen LogP contribution in [-0.2, 0) is 17.5 Å². The van der Waals surface area contributed by atoms with Gasteiger partial charge in [-0.05, 0) is 24.1 Å². The molecule has 5 nitrogen and oxygen atoms in total. The average Bonchev–Trinajstić information content (AvgIpc) is 2.72. The van der Waals surface area contributed by atoms with E-state index in [1.165, 1.54) is 29.8 Å². The van der Waals surface area contributed by atoms with Crippen LogP contribution in [0.25, 0.3) is 0 Å². The number of amides is 3. The summed E-state index contributed by atoms with van der Waals surface area (Å²) < 4.78 is 38.6. The van der Waals surface area contributed by atoms with Gasteiger partial charge >= 0.3 is 12.2 Å². The molecule has 1 N–H and O–H groups in total. The SMILES string of the molecule is Cc1ccc(CNC(=O)C2CN(C)C(=O)N2C)cc1C(F)(F)F. The normalized spacial score (nSPS) is 18.5. The van der Waals surface area contributed by atoms with Gasteiger partial charge < -0.3 is 15.1 Å². The van der Waals surface area contributed by atoms with Crippen LogP contribution in [0, 0.1) is 6.92 Å². The van der Waals surface area contributed by atoms with Crippen LogP contribution < -0.4 is 5.32 Å². The van der Waals surface area contributed by atoms with Crippen LogP contribution in [-0.4, -0.2) is 48.4 Å². The molecule has 0 bridgehead atoms. The molecule has 1 aliphatic rings. The van der Waals surface area contributed by atoms with Crippen molar-refractivity contribution in [3.05, 3.63) is 34.9 Å². The molecular weight excluding hydrogens is 311 g/mol. The fraction of sp³-hybridized carbons (Fsp3) is 0.467. The summed E-state index contributed by atoms with van der Waals surface area (Å²) in [6, 6.07) is 3.05. The third-order valence-electron chi connectivity index (χ3n) is 3.92. The zero-order chi connectivity index (χ0) is 17.4. The monoisotopic (exact) mass is 329 g/mol. The lowest BCUT2D eigenvalue weighted by Gasteiger charge is -2.18. The average molecular weight is 329 g/mol. The molecule has 1 atom stereocenters. The van der Waals surface area contributed by atoms with Crippen molar-refractivity contribution in [2.24, 2.45) is 0 Å². The molecule has 8 heteroatoms. The van der Waals surface area contributed by atoms with E-state index in [1.807, 2.05) is 0 Å². The van der Waals surface area contributed by atoms with Gasteiger partial charge in [0, 0.05) is 20.6 Å². The minimum absolute atomic E-state index is 0.0234. The molecule has 2 rings (SSSR count). The lowest BCUT2D eigenvalue weighted by molar-refractivity contribution is -0.138. The number of alkyl halides is 3. The standard InChI is InChI=1S/C15H18F3N3O2/c1-9-4-5-10(6-11(9)15(16,17)18)7-19-13(22)12-8-20(2)14(23)21(12)3/h4-6,12H,7-8H2,1-3H3,(H,19,22). The van der Waals surface area contributed by atoms with E-state index >= 15 is 0 Å². The molecule has 1 aromatic rings. The van der Waals surface area contributed by atoms with E-state index < -0.39 is 17.8 Å². The summed E-state index contributed by atoms with van der Waals surface area (Å²) in [6.07, 6.45) is -4.43. The molecule has 1 heterocycles. The first-order chi connectivity index (χ1) is 10.6. The van der Waals surface area contributed by atoms with Crippen LogP contribution in [0.2, 0.25) is 0 Å². The maximum atomic E-state index is 12.9. The highest BCUT2D eigenvalue weighted by atomic mass is 19.4. The highest BCUT2D eigenvalue weighted by molar-refractivity contribution is 5.90. The number of benzene rings is 1. The molecule has 0 radical (unpaired) electrons. The summed E-state index contributed by atoms with van der Waals surface area (Å²) in [5.41, 5.74) is -0.218. The summed E-state index contributed by atoms with van der Waals surface area (Å²) in [5.74, 6) is -0.390. The lowest BCUT2D eigenvalue weighted by Crippen LogP contribution is -2.43. The smallest absolute Gasteiger partial charge is 0.350 e. The largest absolute Gasteiger partial charge is 0.416 e. The van der Waals surface area contributed by atoms with Crippen LogP contribution in [0.1, 0.15) is 16.7 Å². The summed E-state index contributed by atoms with van der Waals surface area (Å²) in [6.45, 7) is 1.62. The van der Waals surface area contributed by atoms with E-state index in [2.05, 4.69) is 5.32 Å². The summed E-state index contributed by atoms with van der Waals surface area (Å²) >= 11 is 0. The van der Waals surface area contributed by atoms with Crippen molar-refractivity contribution in [1.82, 2.24) is 15.1 Å². The van der Waals surface area contributed by atoms with Gasteiger partial charge in [-0.3, -0.25) is 4.79 Å². The van der Waals surface area contributed by atoms with E-state index in [-0.39, 0.29) is 30.6 Å². The number of likely N-dealkylation sites (N-methyl/N-ethyl adjacent to an activating group) is 2. The van der Waals surface area contributed by atoms with Crippen molar-refractivity contribution in [3.8, 4) is 0 Å². The van der Waals surface area contributed by atoms with Crippen molar-refractivity contribution in [2.45, 2.75) is 25.7 Å². The molecule has 3 amide bonds. The van der Waals surface area contributed by atoms with E-state index in [9.17, 15) is 22.8 Å². The second-order valence-corrected chi connectivity index (χ2v) is 5.65. The molecular formula is C15H18F3N3O2. The van der Waals surface area contributed by atoms with Gasteiger partial charge in [0.15, 0.2) is 0 Å². The molecule has 0 saturated carbocycles. The van der Waals surface area contributed by atoms with Gasteiger partial charge in [-0.25, -0.2) is 4.79 Å². The zero-order valence-corrected chi connectivity index (χ0v) is 13.1. The van der Waals surface area contributed by atoms with Gasteiger partial charge in [-0.1, -0.05) is 12.1 Å². The van der Waals surface area contributed by atoms with Gasteiger partial charge in [0.25, 0.3) is 0 Å². The Kier molecular flexibility index (Phi) is 4.53. The molecule has 126 valence electrons. The molecule has 1 fully saturated rings. The molecule has 23 heavy (non-hydrogen) atoms. The highest BCUT2D eigenvalue weighted by Gasteiger charge is 2.37. The number of hydrogen-bond donors (Lipinski definition) is 1. The minimum atomic E-state index is -4.43. The number of nitrogens with zero attached hydrogens (tertiary/aromatic N) is 2. The third kappa shape index (κ3) is 3.57. The van der Waals surface area contributed by atoms with Crippen molar-refractivity contribution in [2.75, 3.05) is 20.6 Å². The van der Waals surface area contributed by atoms with Crippen molar-refractivity contribution in [3.63, 3.8) is 0 Å². The zero-order valence-electron chi connectivity index (χ0n) is 13.1.